The molecular formula is C42H52N14O6+2. The first-order valence-electron chi connectivity index (χ1n) is 19.9. The SMILES string of the molecule is CCC(C)C(=O)Nc1ncc(-c2c[nH]c3ccccc23)nc1CCC[N+](=N)N.CCC(C)c1nc2c(CCC[N+](=N)N)nc(-c3c[nH]c4ccccc34)cn2c1O.O=C=O.O=O. The number of carbonyl (C=O) groups excluding carboxylic acids is 3. The molecule has 0 spiro atoms. The van der Waals surface area contributed by atoms with E-state index >= 15 is 0 Å². The summed E-state index contributed by atoms with van der Waals surface area (Å²) in [4.78, 5) is 69.8. The molecule has 0 fully saturated rings. The summed E-state index contributed by atoms with van der Waals surface area (Å²) in [5, 5.41) is 15.9. The zero-order chi connectivity index (χ0) is 45.3. The van der Waals surface area contributed by atoms with Gasteiger partial charge in [0.05, 0.1) is 29.0 Å². The number of anilines is 1. The van der Waals surface area contributed by atoms with Crippen LogP contribution in [0.25, 0.3) is 50.0 Å². The second-order valence-electron chi connectivity index (χ2n) is 14.4. The number of benzene rings is 2. The Morgan fingerprint density at radius 2 is 1.35 bits per heavy atom. The van der Waals surface area contributed by atoms with Crippen molar-refractivity contribution in [2.45, 2.75) is 72.1 Å². The molecule has 0 aliphatic heterocycles. The standard InChI is InChI=1S/C21H25N7O.C20H25N7O.CO2.O2/c1-3-13(2)19-21(29)27-12-18(15-11-24-16-8-5-4-7-14(15)16)25-17(20(27)26-19)9-6-10-28(22)23;1-3-13(2)20(28)26-19-17(9-6-10-27(21)22)25-18(12-24-19)15-11-23-16-8-5-4-7-14(15)16;2-1-3;1-2/h4-5,7-8,11-13,24H,3,6,9-10H2,1-2H3,(H3-,22,23,25,29);4-5,7-8,11-13H,3,6,9-10,21-22H2,1-2H3;;/p+2. The van der Waals surface area contributed by atoms with Crippen molar-refractivity contribution in [1.82, 2.24) is 34.3 Å². The van der Waals surface area contributed by atoms with Crippen molar-refractivity contribution in [1.29, 1.82) is 11.1 Å². The number of aromatic nitrogens is 7. The lowest BCUT2D eigenvalue weighted by atomic mass is 10.1. The van der Waals surface area contributed by atoms with Gasteiger partial charge in [0.2, 0.25) is 11.8 Å². The van der Waals surface area contributed by atoms with Gasteiger partial charge in [-0.05, 0) is 58.5 Å². The van der Waals surface area contributed by atoms with Crippen molar-refractivity contribution in [3.8, 4) is 28.4 Å². The number of H-pyrrole nitrogens is 2. The van der Waals surface area contributed by atoms with E-state index in [1.807, 2.05) is 74.9 Å². The predicted molar refractivity (Wildman–Crippen MR) is 231 cm³/mol. The lowest BCUT2D eigenvalue weighted by molar-refractivity contribution is -0.626. The summed E-state index contributed by atoms with van der Waals surface area (Å²) in [6, 6.07) is 16.1. The second kappa shape index (κ2) is 22.6. The molecular weight excluding hydrogens is 797 g/mol. The molecule has 2 aromatic carbocycles. The highest BCUT2D eigenvalue weighted by molar-refractivity contribution is 5.96. The Balaban J connectivity index is 0.000000247. The summed E-state index contributed by atoms with van der Waals surface area (Å²) >= 11 is 0. The van der Waals surface area contributed by atoms with Crippen LogP contribution in [0.15, 0.2) is 73.3 Å². The zero-order valence-corrected chi connectivity index (χ0v) is 35.0. The van der Waals surface area contributed by atoms with Crippen LogP contribution in [-0.2, 0) is 27.2 Å². The van der Waals surface area contributed by atoms with Crippen molar-refractivity contribution in [3.05, 3.63) is 100 Å². The number of para-hydroxylation sites is 2. The molecule has 2 atom stereocenters. The van der Waals surface area contributed by atoms with Crippen molar-refractivity contribution >= 4 is 45.3 Å². The highest BCUT2D eigenvalue weighted by Gasteiger charge is 2.22. The maximum Gasteiger partial charge on any atom is 0.373 e. The Labute approximate surface area is 356 Å². The highest BCUT2D eigenvalue weighted by Crippen LogP contribution is 2.34. The Morgan fingerprint density at radius 1 is 0.839 bits per heavy atom. The highest BCUT2D eigenvalue weighted by atomic mass is 16.7. The molecule has 0 saturated heterocycles. The topological polar surface area (TPSA) is 311 Å². The van der Waals surface area contributed by atoms with Crippen LogP contribution in [-0.4, -0.2) is 74.2 Å². The first kappa shape index (κ1) is 47.0. The number of carbonyl (C=O) groups is 1. The number of aryl methyl sites for hydroxylation is 2. The fraction of sp³-hybridized carbons (Fsp3) is 0.333. The summed E-state index contributed by atoms with van der Waals surface area (Å²) < 4.78 is 1.74. The van der Waals surface area contributed by atoms with Crippen LogP contribution < -0.4 is 17.0 Å². The van der Waals surface area contributed by atoms with E-state index in [0.717, 1.165) is 72.5 Å². The number of nitrogens with two attached hydrogens (primary N) is 2. The van der Waals surface area contributed by atoms with Gasteiger partial charge in [0.1, 0.15) is 5.69 Å². The van der Waals surface area contributed by atoms with Gasteiger partial charge in [-0.2, -0.15) is 21.3 Å². The number of fused-ring (bicyclic) bond motifs is 3. The number of amides is 1. The molecule has 2 unspecified atom stereocenters. The molecule has 10 N–H and O–H groups in total. The van der Waals surface area contributed by atoms with E-state index in [9.17, 15) is 9.90 Å². The van der Waals surface area contributed by atoms with Gasteiger partial charge < -0.3 is 20.4 Å². The Kier molecular flexibility index (Phi) is 17.1. The van der Waals surface area contributed by atoms with Gasteiger partial charge >= 0.3 is 6.15 Å². The van der Waals surface area contributed by atoms with E-state index in [4.69, 9.17) is 57.2 Å². The minimum absolute atomic E-state index is 0.0705. The Hall–Kier alpha value is -7.73. The summed E-state index contributed by atoms with van der Waals surface area (Å²) in [6.07, 6.45) is 11.8. The van der Waals surface area contributed by atoms with E-state index < -0.39 is 0 Å². The third kappa shape index (κ3) is 11.5. The monoisotopic (exact) mass is 848 g/mol. The average molecular weight is 849 g/mol. The first-order chi connectivity index (χ1) is 29.9. The van der Waals surface area contributed by atoms with Crippen LogP contribution in [0, 0.1) is 26.9 Å². The quantitative estimate of drug-likeness (QED) is 0.0226. The Bertz CT molecular complexity index is 2670. The van der Waals surface area contributed by atoms with Gasteiger partial charge in [0, 0.05) is 86.1 Å². The van der Waals surface area contributed by atoms with Gasteiger partial charge in [0.25, 0.3) is 0 Å². The van der Waals surface area contributed by atoms with Gasteiger partial charge in [-0.25, -0.2) is 19.9 Å². The predicted octanol–water partition coefficient (Wildman–Crippen LogP) is 6.89. The lowest BCUT2D eigenvalue weighted by Crippen LogP contribution is -2.22. The lowest BCUT2D eigenvalue weighted by Gasteiger charge is -2.13. The molecule has 62 heavy (non-hydrogen) atoms. The number of imidazole rings is 1. The number of aromatic hydroxyl groups is 1. The number of nitrogens with one attached hydrogen (secondary N) is 5. The third-order valence-corrected chi connectivity index (χ3v) is 10.3. The molecule has 0 saturated carbocycles. The molecule has 7 aromatic rings. The fourth-order valence-corrected chi connectivity index (χ4v) is 6.60. The molecule has 5 heterocycles. The zero-order valence-electron chi connectivity index (χ0n) is 35.0. The van der Waals surface area contributed by atoms with E-state index in [-0.39, 0.29) is 29.8 Å². The van der Waals surface area contributed by atoms with Gasteiger partial charge in [0.15, 0.2) is 24.6 Å². The molecule has 7 rings (SSSR count). The maximum atomic E-state index is 12.3. The number of nitrogens with zero attached hydrogens (tertiary/aromatic N) is 7. The summed E-state index contributed by atoms with van der Waals surface area (Å²) in [5.41, 5.74) is 23.1. The van der Waals surface area contributed by atoms with Crippen LogP contribution in [0.2, 0.25) is 0 Å². The average Bonchev–Trinajstić information content (AvgIpc) is 4.00. The number of hydrazine groups is 2. The number of hydrogen-bond acceptors (Lipinski definition) is 12. The summed E-state index contributed by atoms with van der Waals surface area (Å²) in [7, 11) is 0. The first-order valence-corrected chi connectivity index (χ1v) is 19.9. The Morgan fingerprint density at radius 3 is 1.89 bits per heavy atom. The summed E-state index contributed by atoms with van der Waals surface area (Å²) in [6.45, 7) is 8.82. The van der Waals surface area contributed by atoms with E-state index in [1.165, 1.54) is 0 Å². The second-order valence-corrected chi connectivity index (χ2v) is 14.4. The van der Waals surface area contributed by atoms with Crippen LogP contribution in [0.3, 0.4) is 0 Å². The molecule has 1 amide bonds. The number of hydrogen-bond donors (Lipinski definition) is 8. The van der Waals surface area contributed by atoms with Crippen molar-refractivity contribution in [2.75, 3.05) is 18.4 Å². The third-order valence-electron chi connectivity index (χ3n) is 10.3. The van der Waals surface area contributed by atoms with Crippen LogP contribution in [0.5, 0.6) is 5.88 Å². The van der Waals surface area contributed by atoms with Crippen molar-refractivity contribution < 1.29 is 29.1 Å². The van der Waals surface area contributed by atoms with Crippen LogP contribution >= 0.6 is 0 Å². The largest absolute Gasteiger partial charge is 0.493 e. The van der Waals surface area contributed by atoms with E-state index in [0.29, 0.717) is 61.6 Å². The minimum Gasteiger partial charge on any atom is -0.493 e. The molecule has 20 heteroatoms. The normalized spacial score (nSPS) is 11.5. The van der Waals surface area contributed by atoms with Gasteiger partial charge in [-0.3, -0.25) is 9.20 Å². The van der Waals surface area contributed by atoms with Gasteiger partial charge in [-0.1, -0.05) is 64.1 Å². The molecule has 0 radical (unpaired) electrons. The molecule has 0 aliphatic carbocycles. The van der Waals surface area contributed by atoms with Crippen LogP contribution in [0.4, 0.5) is 5.82 Å². The van der Waals surface area contributed by atoms with Crippen LogP contribution in [0.1, 0.15) is 76.4 Å². The maximum absolute atomic E-state index is 12.3. The minimum atomic E-state index is -0.101. The fourth-order valence-electron chi connectivity index (χ4n) is 6.60. The van der Waals surface area contributed by atoms with Crippen molar-refractivity contribution in [2.24, 2.45) is 17.6 Å². The molecule has 324 valence electrons. The molecule has 5 aromatic heterocycles. The number of aromatic amines is 2. The number of rotatable bonds is 15. The molecule has 20 nitrogen and oxygen atoms in total. The van der Waals surface area contributed by atoms with E-state index in [2.05, 4.69) is 40.2 Å². The van der Waals surface area contributed by atoms with Crippen molar-refractivity contribution in [3.63, 3.8) is 0 Å². The van der Waals surface area contributed by atoms with E-state index in [1.54, 1.807) is 10.6 Å². The molecule has 0 bridgehead atoms. The summed E-state index contributed by atoms with van der Waals surface area (Å²) in [5.74, 6) is 11.4. The molecule has 0 aliphatic rings. The van der Waals surface area contributed by atoms with Gasteiger partial charge in [-0.15, -0.1) is 0 Å². The smallest absolute Gasteiger partial charge is 0.373 e.